The Labute approximate surface area is 197 Å². The smallest absolute Gasteiger partial charge is 0.0583 e. The summed E-state index contributed by atoms with van der Waals surface area (Å²) in [7, 11) is 0. The van der Waals surface area contributed by atoms with Crippen molar-refractivity contribution in [2.24, 2.45) is 0 Å². The van der Waals surface area contributed by atoms with Crippen LogP contribution in [0.3, 0.4) is 0 Å². The van der Waals surface area contributed by atoms with Gasteiger partial charge in [-0.1, -0.05) is 78.9 Å². The molecule has 0 amide bonds. The quantitative estimate of drug-likeness (QED) is 0.231. The summed E-state index contributed by atoms with van der Waals surface area (Å²) in [4.78, 5) is 0. The van der Waals surface area contributed by atoms with Gasteiger partial charge in [0.1, 0.15) is 0 Å². The first-order valence-corrected chi connectivity index (χ1v) is 12.3. The molecule has 0 unspecified atom stereocenters. The average molecular weight is 432 g/mol. The zero-order valence-corrected chi connectivity index (χ0v) is 18.7. The van der Waals surface area contributed by atoms with E-state index < -0.39 is 0 Å². The van der Waals surface area contributed by atoms with Crippen molar-refractivity contribution < 1.29 is 0 Å². The Hall–Kier alpha value is -4.10. The van der Waals surface area contributed by atoms with Crippen molar-refractivity contribution in [2.75, 3.05) is 0 Å². The summed E-state index contributed by atoms with van der Waals surface area (Å²) in [6, 6.07) is 34.2. The van der Waals surface area contributed by atoms with Gasteiger partial charge in [-0.2, -0.15) is 0 Å². The van der Waals surface area contributed by atoms with Gasteiger partial charge in [0.15, 0.2) is 0 Å². The van der Waals surface area contributed by atoms with E-state index >= 15 is 0 Å². The monoisotopic (exact) mass is 431 g/mol. The zero-order valence-electron chi connectivity index (χ0n) is 18.7. The predicted molar refractivity (Wildman–Crippen MR) is 140 cm³/mol. The van der Waals surface area contributed by atoms with Crippen LogP contribution < -0.4 is 0 Å². The van der Waals surface area contributed by atoms with Crippen LogP contribution in [0, 0.1) is 0 Å². The molecule has 0 atom stereocenters. The molecule has 34 heavy (non-hydrogen) atoms. The summed E-state index contributed by atoms with van der Waals surface area (Å²) >= 11 is 0. The normalized spacial score (nSPS) is 14.1. The third-order valence-corrected chi connectivity index (χ3v) is 8.46. The molecular formula is C33H21N. The molecule has 1 heteroatoms. The Morgan fingerprint density at radius 1 is 0.529 bits per heavy atom. The second-order valence-corrected chi connectivity index (χ2v) is 10.1. The minimum Gasteiger partial charge on any atom is -0.309 e. The van der Waals surface area contributed by atoms with E-state index in [-0.39, 0.29) is 0 Å². The molecule has 1 aliphatic heterocycles. The molecule has 0 fully saturated rings. The number of aromatic nitrogens is 1. The highest BCUT2D eigenvalue weighted by molar-refractivity contribution is 6.19. The Morgan fingerprint density at radius 3 is 2.18 bits per heavy atom. The first-order chi connectivity index (χ1) is 16.9. The molecule has 0 N–H and O–H groups in total. The highest BCUT2D eigenvalue weighted by atomic mass is 15.0. The van der Waals surface area contributed by atoms with E-state index in [0.29, 0.717) is 0 Å². The van der Waals surface area contributed by atoms with Crippen molar-refractivity contribution in [2.45, 2.75) is 19.3 Å². The number of para-hydroxylation sites is 1. The number of nitrogens with zero attached hydrogens (tertiary/aromatic N) is 1. The standard InChI is InChI=1S/C33H21N/c1-3-9-23-20(8-1)17-27-25(23)13-14-30-28(27)18-22-16-21-15-19-7-2-4-10-24(19)31(21)32-26-11-5-6-12-29(26)34(30)33(22)32/h1-14,16H,15,17-18H2. The van der Waals surface area contributed by atoms with E-state index in [1.54, 1.807) is 0 Å². The molecule has 1 nitrogen and oxygen atoms in total. The van der Waals surface area contributed by atoms with Crippen LogP contribution in [0.2, 0.25) is 0 Å². The van der Waals surface area contributed by atoms with Gasteiger partial charge in [-0.25, -0.2) is 0 Å². The molecule has 0 saturated heterocycles. The van der Waals surface area contributed by atoms with Crippen molar-refractivity contribution in [1.29, 1.82) is 0 Å². The number of rotatable bonds is 0. The van der Waals surface area contributed by atoms with Crippen LogP contribution in [0.25, 0.3) is 49.7 Å². The van der Waals surface area contributed by atoms with Gasteiger partial charge in [-0.05, 0) is 80.6 Å². The lowest BCUT2D eigenvalue weighted by Gasteiger charge is -2.24. The maximum Gasteiger partial charge on any atom is 0.0583 e. The van der Waals surface area contributed by atoms with Crippen LogP contribution in [-0.4, -0.2) is 4.57 Å². The van der Waals surface area contributed by atoms with E-state index in [1.807, 2.05) is 0 Å². The van der Waals surface area contributed by atoms with E-state index in [2.05, 4.69) is 95.6 Å². The molecule has 0 bridgehead atoms. The van der Waals surface area contributed by atoms with Crippen LogP contribution >= 0.6 is 0 Å². The van der Waals surface area contributed by atoms with Gasteiger partial charge in [0, 0.05) is 17.2 Å². The van der Waals surface area contributed by atoms with Crippen LogP contribution in [-0.2, 0) is 19.3 Å². The third-order valence-electron chi connectivity index (χ3n) is 8.46. The summed E-state index contributed by atoms with van der Waals surface area (Å²) in [6.07, 6.45) is 3.10. The lowest BCUT2D eigenvalue weighted by Crippen LogP contribution is -2.11. The minimum absolute atomic E-state index is 1.02. The fourth-order valence-corrected chi connectivity index (χ4v) is 7.12. The number of hydrogen-bond donors (Lipinski definition) is 0. The van der Waals surface area contributed by atoms with Crippen molar-refractivity contribution in [3.05, 3.63) is 124 Å². The topological polar surface area (TPSA) is 4.93 Å². The van der Waals surface area contributed by atoms with Crippen molar-refractivity contribution in [1.82, 2.24) is 4.57 Å². The summed E-state index contributed by atoms with van der Waals surface area (Å²) < 4.78 is 2.57. The van der Waals surface area contributed by atoms with Gasteiger partial charge < -0.3 is 4.57 Å². The fourth-order valence-electron chi connectivity index (χ4n) is 7.12. The van der Waals surface area contributed by atoms with Crippen molar-refractivity contribution >= 4 is 21.8 Å². The molecule has 158 valence electrons. The Balaban J connectivity index is 1.43. The van der Waals surface area contributed by atoms with Crippen LogP contribution in [0.15, 0.2) is 91.0 Å². The van der Waals surface area contributed by atoms with Crippen molar-refractivity contribution in [3.63, 3.8) is 0 Å². The molecular weight excluding hydrogens is 410 g/mol. The summed E-state index contributed by atoms with van der Waals surface area (Å²) in [6.45, 7) is 0. The van der Waals surface area contributed by atoms with Crippen LogP contribution in [0.4, 0.5) is 0 Å². The van der Waals surface area contributed by atoms with Gasteiger partial charge >= 0.3 is 0 Å². The van der Waals surface area contributed by atoms with E-state index in [4.69, 9.17) is 0 Å². The van der Waals surface area contributed by atoms with Gasteiger partial charge in [0.05, 0.1) is 16.7 Å². The molecule has 0 saturated carbocycles. The van der Waals surface area contributed by atoms with Gasteiger partial charge in [0.25, 0.3) is 0 Å². The Kier molecular flexibility index (Phi) is 3.00. The fraction of sp³-hybridized carbons (Fsp3) is 0.0909. The second kappa shape index (κ2) is 5.87. The first kappa shape index (κ1) is 17.4. The summed E-state index contributed by atoms with van der Waals surface area (Å²) in [5.74, 6) is 0. The molecule has 2 heterocycles. The Bertz CT molecular complexity index is 1880. The maximum atomic E-state index is 2.57. The van der Waals surface area contributed by atoms with Gasteiger partial charge in [-0.3, -0.25) is 0 Å². The molecule has 1 aromatic heterocycles. The van der Waals surface area contributed by atoms with Gasteiger partial charge in [0.2, 0.25) is 0 Å². The first-order valence-electron chi connectivity index (χ1n) is 12.3. The predicted octanol–water partition coefficient (Wildman–Crippen LogP) is 7.83. The van der Waals surface area contributed by atoms with Crippen LogP contribution in [0.5, 0.6) is 0 Å². The molecule has 0 radical (unpaired) electrons. The molecule has 3 aliphatic rings. The lowest BCUT2D eigenvalue weighted by molar-refractivity contribution is 1.01. The minimum atomic E-state index is 1.02. The SMILES string of the molecule is c1ccc2c(c1)Cc1c-2ccc2c1Cc1cc3c(c4c5ccccc5n-2c14)-c1ccccc1C3. The van der Waals surface area contributed by atoms with Gasteiger partial charge in [-0.15, -0.1) is 0 Å². The van der Waals surface area contributed by atoms with E-state index in [0.717, 1.165) is 19.3 Å². The zero-order chi connectivity index (χ0) is 22.0. The summed E-state index contributed by atoms with van der Waals surface area (Å²) in [5, 5.41) is 2.83. The van der Waals surface area contributed by atoms with Crippen LogP contribution in [0.1, 0.15) is 33.4 Å². The summed E-state index contributed by atoms with van der Waals surface area (Å²) in [5.41, 5.74) is 18.8. The average Bonchev–Trinajstić information content (AvgIpc) is 3.54. The largest absolute Gasteiger partial charge is 0.309 e. The Morgan fingerprint density at radius 2 is 1.26 bits per heavy atom. The maximum absolute atomic E-state index is 2.57. The number of fused-ring (bicyclic) bond motifs is 13. The van der Waals surface area contributed by atoms with E-state index in [9.17, 15) is 0 Å². The molecule has 9 rings (SSSR count). The highest BCUT2D eigenvalue weighted by Crippen LogP contribution is 2.51. The van der Waals surface area contributed by atoms with Crippen molar-refractivity contribution in [3.8, 4) is 27.9 Å². The third kappa shape index (κ3) is 1.94. The number of benzene rings is 5. The second-order valence-electron chi connectivity index (χ2n) is 10.1. The molecule has 5 aromatic carbocycles. The lowest BCUT2D eigenvalue weighted by atomic mass is 9.88. The number of hydrogen-bond acceptors (Lipinski definition) is 0. The van der Waals surface area contributed by atoms with E-state index in [1.165, 1.54) is 83.1 Å². The molecule has 0 spiro atoms. The molecule has 6 aromatic rings. The highest BCUT2D eigenvalue weighted by Gasteiger charge is 2.32. The molecule has 2 aliphatic carbocycles.